The second kappa shape index (κ2) is 7.40. The standard InChI is InChI=1S/C17H16INO3/c1-3-22-17(21)12-6-8-14(9-7-12)19-16(20)13-5-4-11(2)15(18)10-13/h4-10H,3H2,1-2H3,(H,19,20). The van der Waals surface area contributed by atoms with Crippen molar-refractivity contribution in [1.82, 2.24) is 0 Å². The first-order valence-corrected chi connectivity index (χ1v) is 7.94. The fraction of sp³-hybridized carbons (Fsp3) is 0.176. The molecule has 2 aromatic rings. The van der Waals surface area contributed by atoms with Gasteiger partial charge in [-0.2, -0.15) is 0 Å². The molecule has 2 aromatic carbocycles. The van der Waals surface area contributed by atoms with Crippen LogP contribution in [-0.2, 0) is 4.74 Å². The van der Waals surface area contributed by atoms with Gasteiger partial charge in [0.25, 0.3) is 5.91 Å². The zero-order chi connectivity index (χ0) is 16.1. The van der Waals surface area contributed by atoms with E-state index in [1.54, 1.807) is 37.3 Å². The molecule has 1 amide bonds. The summed E-state index contributed by atoms with van der Waals surface area (Å²) >= 11 is 2.20. The number of halogens is 1. The number of hydrogen-bond donors (Lipinski definition) is 1. The first-order chi connectivity index (χ1) is 10.5. The molecule has 0 spiro atoms. The van der Waals surface area contributed by atoms with E-state index in [1.165, 1.54) is 0 Å². The van der Waals surface area contributed by atoms with Gasteiger partial charge < -0.3 is 10.1 Å². The van der Waals surface area contributed by atoms with Gasteiger partial charge in [0.05, 0.1) is 12.2 Å². The molecular weight excluding hydrogens is 393 g/mol. The van der Waals surface area contributed by atoms with Crippen LogP contribution in [0.5, 0.6) is 0 Å². The van der Waals surface area contributed by atoms with Crippen LogP contribution in [0.15, 0.2) is 42.5 Å². The molecule has 0 unspecified atom stereocenters. The number of nitrogens with one attached hydrogen (secondary N) is 1. The lowest BCUT2D eigenvalue weighted by Crippen LogP contribution is -2.12. The van der Waals surface area contributed by atoms with Crippen LogP contribution in [0.2, 0.25) is 0 Å². The summed E-state index contributed by atoms with van der Waals surface area (Å²) in [6, 6.07) is 12.2. The monoisotopic (exact) mass is 409 g/mol. The Morgan fingerprint density at radius 2 is 1.73 bits per heavy atom. The lowest BCUT2D eigenvalue weighted by Gasteiger charge is -2.07. The quantitative estimate of drug-likeness (QED) is 0.613. The Bertz CT molecular complexity index is 696. The molecule has 0 atom stereocenters. The molecule has 0 aliphatic carbocycles. The number of hydrogen-bond acceptors (Lipinski definition) is 3. The number of anilines is 1. The average Bonchev–Trinajstić information content (AvgIpc) is 2.51. The van der Waals surface area contributed by atoms with Crippen molar-refractivity contribution in [2.75, 3.05) is 11.9 Å². The van der Waals surface area contributed by atoms with Gasteiger partial charge in [-0.3, -0.25) is 4.79 Å². The molecule has 0 saturated carbocycles. The third-order valence-electron chi connectivity index (χ3n) is 3.09. The van der Waals surface area contributed by atoms with E-state index in [4.69, 9.17) is 4.74 Å². The number of rotatable bonds is 4. The normalized spacial score (nSPS) is 10.1. The predicted molar refractivity (Wildman–Crippen MR) is 94.2 cm³/mol. The summed E-state index contributed by atoms with van der Waals surface area (Å²) in [5, 5.41) is 2.81. The Hall–Kier alpha value is -1.89. The summed E-state index contributed by atoms with van der Waals surface area (Å²) in [4.78, 5) is 23.8. The summed E-state index contributed by atoms with van der Waals surface area (Å²) in [6.45, 7) is 4.09. The van der Waals surface area contributed by atoms with Crippen molar-refractivity contribution in [3.63, 3.8) is 0 Å². The number of benzene rings is 2. The smallest absolute Gasteiger partial charge is 0.338 e. The molecule has 1 N–H and O–H groups in total. The number of carbonyl (C=O) groups is 2. The molecule has 0 bridgehead atoms. The summed E-state index contributed by atoms with van der Waals surface area (Å²) in [7, 11) is 0. The molecule has 0 aliphatic rings. The molecule has 2 rings (SSSR count). The van der Waals surface area contributed by atoms with Crippen molar-refractivity contribution in [2.24, 2.45) is 0 Å². The van der Waals surface area contributed by atoms with Gasteiger partial charge in [0.2, 0.25) is 0 Å². The van der Waals surface area contributed by atoms with E-state index in [2.05, 4.69) is 27.9 Å². The van der Waals surface area contributed by atoms with Gasteiger partial charge in [0, 0.05) is 14.8 Å². The Labute approximate surface area is 143 Å². The molecule has 0 aromatic heterocycles. The maximum Gasteiger partial charge on any atom is 0.338 e. The van der Waals surface area contributed by atoms with E-state index in [0.717, 1.165) is 9.13 Å². The predicted octanol–water partition coefficient (Wildman–Crippen LogP) is 4.03. The van der Waals surface area contributed by atoms with Crippen LogP contribution in [0.3, 0.4) is 0 Å². The number of ether oxygens (including phenoxy) is 1. The van der Waals surface area contributed by atoms with Crippen molar-refractivity contribution < 1.29 is 14.3 Å². The van der Waals surface area contributed by atoms with Gasteiger partial charge >= 0.3 is 5.97 Å². The van der Waals surface area contributed by atoms with E-state index in [9.17, 15) is 9.59 Å². The van der Waals surface area contributed by atoms with Gasteiger partial charge in [-0.25, -0.2) is 4.79 Å². The highest BCUT2D eigenvalue weighted by Crippen LogP contribution is 2.16. The van der Waals surface area contributed by atoms with Gasteiger partial charge in [-0.1, -0.05) is 6.07 Å². The van der Waals surface area contributed by atoms with Crippen LogP contribution in [0.4, 0.5) is 5.69 Å². The number of amides is 1. The van der Waals surface area contributed by atoms with Crippen LogP contribution < -0.4 is 5.32 Å². The molecule has 0 heterocycles. The topological polar surface area (TPSA) is 55.4 Å². The van der Waals surface area contributed by atoms with Crippen LogP contribution in [0, 0.1) is 10.5 Å². The van der Waals surface area contributed by atoms with Crippen molar-refractivity contribution in [1.29, 1.82) is 0 Å². The Kier molecular flexibility index (Phi) is 5.54. The molecule has 0 saturated heterocycles. The lowest BCUT2D eigenvalue weighted by molar-refractivity contribution is 0.0526. The van der Waals surface area contributed by atoms with E-state index in [0.29, 0.717) is 23.4 Å². The van der Waals surface area contributed by atoms with Crippen molar-refractivity contribution in [3.05, 3.63) is 62.7 Å². The van der Waals surface area contributed by atoms with Crippen molar-refractivity contribution in [2.45, 2.75) is 13.8 Å². The number of aryl methyl sites for hydroxylation is 1. The highest BCUT2D eigenvalue weighted by molar-refractivity contribution is 14.1. The highest BCUT2D eigenvalue weighted by Gasteiger charge is 2.09. The lowest BCUT2D eigenvalue weighted by atomic mass is 10.1. The fourth-order valence-corrected chi connectivity index (χ4v) is 2.36. The average molecular weight is 409 g/mol. The minimum atomic E-state index is -0.367. The maximum absolute atomic E-state index is 12.2. The molecule has 0 fully saturated rings. The zero-order valence-electron chi connectivity index (χ0n) is 12.4. The van der Waals surface area contributed by atoms with E-state index < -0.39 is 0 Å². The SMILES string of the molecule is CCOC(=O)c1ccc(NC(=O)c2ccc(C)c(I)c2)cc1. The Balaban J connectivity index is 2.08. The molecule has 0 aliphatic heterocycles. The summed E-state index contributed by atoms with van der Waals surface area (Å²) in [5.74, 6) is -0.546. The third-order valence-corrected chi connectivity index (χ3v) is 4.25. The van der Waals surface area contributed by atoms with Gasteiger partial charge in [-0.05, 0) is 78.4 Å². The number of carbonyl (C=O) groups excluding carboxylic acids is 2. The largest absolute Gasteiger partial charge is 0.462 e. The van der Waals surface area contributed by atoms with Crippen LogP contribution in [0.25, 0.3) is 0 Å². The van der Waals surface area contributed by atoms with Crippen molar-refractivity contribution >= 4 is 40.2 Å². The Morgan fingerprint density at radius 1 is 1.09 bits per heavy atom. The Morgan fingerprint density at radius 3 is 2.32 bits per heavy atom. The second-order valence-electron chi connectivity index (χ2n) is 4.72. The van der Waals surface area contributed by atoms with Gasteiger partial charge in [0.15, 0.2) is 0 Å². The van der Waals surface area contributed by atoms with Crippen LogP contribution >= 0.6 is 22.6 Å². The van der Waals surface area contributed by atoms with Crippen molar-refractivity contribution in [3.8, 4) is 0 Å². The first kappa shape index (κ1) is 16.5. The molecule has 5 heteroatoms. The van der Waals surface area contributed by atoms with Crippen LogP contribution in [0.1, 0.15) is 33.2 Å². The maximum atomic E-state index is 12.2. The summed E-state index contributed by atoms with van der Waals surface area (Å²) < 4.78 is 5.96. The molecule has 22 heavy (non-hydrogen) atoms. The molecule has 4 nitrogen and oxygen atoms in total. The molecule has 114 valence electrons. The van der Waals surface area contributed by atoms with Gasteiger partial charge in [-0.15, -0.1) is 0 Å². The third kappa shape index (κ3) is 4.07. The van der Waals surface area contributed by atoms with Crippen LogP contribution in [-0.4, -0.2) is 18.5 Å². The summed E-state index contributed by atoms with van der Waals surface area (Å²) in [6.07, 6.45) is 0. The molecule has 0 radical (unpaired) electrons. The van der Waals surface area contributed by atoms with Gasteiger partial charge in [0.1, 0.15) is 0 Å². The fourth-order valence-electron chi connectivity index (χ4n) is 1.84. The number of esters is 1. The minimum absolute atomic E-state index is 0.179. The molecular formula is C17H16INO3. The highest BCUT2D eigenvalue weighted by atomic mass is 127. The van der Waals surface area contributed by atoms with E-state index in [1.807, 2.05) is 19.1 Å². The minimum Gasteiger partial charge on any atom is -0.462 e. The zero-order valence-corrected chi connectivity index (χ0v) is 14.5. The van der Waals surface area contributed by atoms with E-state index >= 15 is 0 Å². The second-order valence-corrected chi connectivity index (χ2v) is 5.88. The van der Waals surface area contributed by atoms with E-state index in [-0.39, 0.29) is 11.9 Å². The first-order valence-electron chi connectivity index (χ1n) is 6.86. The summed E-state index contributed by atoms with van der Waals surface area (Å²) in [5.41, 5.74) is 2.83.